The number of carbonyl (C=O) groups is 1. The summed E-state index contributed by atoms with van der Waals surface area (Å²) >= 11 is 4.20. The molecule has 2 unspecified atom stereocenters. The number of aliphatic hydroxyl groups excluding tert-OH is 1. The molecule has 2 heterocycles. The summed E-state index contributed by atoms with van der Waals surface area (Å²) < 4.78 is 31.5. The Bertz CT molecular complexity index is 642. The molecule has 1 aromatic heterocycles. The summed E-state index contributed by atoms with van der Waals surface area (Å²) in [6.45, 7) is 2.32. The molecule has 21 heavy (non-hydrogen) atoms. The molecule has 1 saturated heterocycles. The van der Waals surface area contributed by atoms with Gasteiger partial charge in [0.05, 0.1) is 17.0 Å². The number of rotatable bonds is 3. The molecule has 1 aliphatic heterocycles. The summed E-state index contributed by atoms with van der Waals surface area (Å²) in [5.41, 5.74) is 0. The van der Waals surface area contributed by atoms with Crippen molar-refractivity contribution in [2.24, 2.45) is 5.92 Å². The minimum atomic E-state index is -3.74. The number of ether oxygens (including phenoxy) is 1. The Balaban J connectivity index is 2.32. The summed E-state index contributed by atoms with van der Waals surface area (Å²) in [5.74, 6) is -0.498. The van der Waals surface area contributed by atoms with Crippen LogP contribution in [0.5, 0.6) is 0 Å². The van der Waals surface area contributed by atoms with Gasteiger partial charge in [-0.2, -0.15) is 4.31 Å². The number of nitrogens with zero attached hydrogens (tertiary/aromatic N) is 1. The Morgan fingerprint density at radius 3 is 2.81 bits per heavy atom. The lowest BCUT2D eigenvalue weighted by molar-refractivity contribution is 0.0600. The Hall–Kier alpha value is -0.480. The SMILES string of the molecule is COC(=O)c1cc(S(=O)(=O)N2CCC(C)C(O)C2)c(Br)s1. The molecule has 0 radical (unpaired) electrons. The molecule has 9 heteroatoms. The third-order valence-corrected chi connectivity index (χ3v) is 7.64. The standard InChI is InChI=1S/C12H16BrNO5S2/c1-7-3-4-14(6-8(7)15)21(17,18)10-5-9(12(16)19-2)20-11(10)13/h5,7-8,15H,3-4,6H2,1-2H3. The fourth-order valence-electron chi connectivity index (χ4n) is 2.11. The first-order valence-corrected chi connectivity index (χ1v) is 9.38. The Labute approximate surface area is 135 Å². The van der Waals surface area contributed by atoms with Crippen LogP contribution >= 0.6 is 27.3 Å². The van der Waals surface area contributed by atoms with Crippen molar-refractivity contribution in [2.45, 2.75) is 24.3 Å². The van der Waals surface area contributed by atoms with E-state index in [1.54, 1.807) is 0 Å². The minimum Gasteiger partial charge on any atom is -0.465 e. The molecule has 0 amide bonds. The normalized spacial score (nSPS) is 24.0. The monoisotopic (exact) mass is 397 g/mol. The molecular formula is C12H16BrNO5S2. The van der Waals surface area contributed by atoms with E-state index < -0.39 is 22.1 Å². The quantitative estimate of drug-likeness (QED) is 0.784. The van der Waals surface area contributed by atoms with Gasteiger partial charge in [0.1, 0.15) is 9.77 Å². The minimum absolute atomic E-state index is 0.0367. The highest BCUT2D eigenvalue weighted by Gasteiger charge is 2.35. The number of β-amino-alcohol motifs (C(OH)–C–C–N with tert-alkyl or cyclic N) is 1. The second-order valence-corrected chi connectivity index (χ2v) is 9.21. The van der Waals surface area contributed by atoms with Crippen LogP contribution in [0.25, 0.3) is 0 Å². The zero-order valence-corrected chi connectivity index (χ0v) is 14.8. The number of esters is 1. The lowest BCUT2D eigenvalue weighted by Crippen LogP contribution is -2.45. The van der Waals surface area contributed by atoms with E-state index in [9.17, 15) is 18.3 Å². The second kappa shape index (κ2) is 6.33. The molecule has 0 saturated carbocycles. The summed E-state index contributed by atoms with van der Waals surface area (Å²) in [6.07, 6.45) is -0.0718. The first kappa shape index (κ1) is 16.9. The van der Waals surface area contributed by atoms with E-state index in [1.165, 1.54) is 17.5 Å². The summed E-state index contributed by atoms with van der Waals surface area (Å²) in [4.78, 5) is 11.7. The molecule has 0 spiro atoms. The number of sulfonamides is 1. The van der Waals surface area contributed by atoms with Gasteiger partial charge >= 0.3 is 5.97 Å². The molecule has 2 rings (SSSR count). The molecule has 6 nitrogen and oxygen atoms in total. The smallest absolute Gasteiger partial charge is 0.348 e. The number of carbonyl (C=O) groups excluding carboxylic acids is 1. The lowest BCUT2D eigenvalue weighted by Gasteiger charge is -2.33. The highest BCUT2D eigenvalue weighted by molar-refractivity contribution is 9.11. The van der Waals surface area contributed by atoms with Crippen LogP contribution in [-0.2, 0) is 14.8 Å². The van der Waals surface area contributed by atoms with Crippen LogP contribution < -0.4 is 0 Å². The molecule has 118 valence electrons. The van der Waals surface area contributed by atoms with E-state index in [-0.39, 0.29) is 22.2 Å². The number of piperidine rings is 1. The Morgan fingerprint density at radius 1 is 1.57 bits per heavy atom. The zero-order chi connectivity index (χ0) is 15.8. The van der Waals surface area contributed by atoms with Crippen molar-refractivity contribution in [3.63, 3.8) is 0 Å². The van der Waals surface area contributed by atoms with Crippen LogP contribution in [0.1, 0.15) is 23.0 Å². The van der Waals surface area contributed by atoms with E-state index in [2.05, 4.69) is 20.7 Å². The van der Waals surface area contributed by atoms with Gasteiger partial charge in [-0.1, -0.05) is 6.92 Å². The molecule has 0 bridgehead atoms. The molecule has 0 aliphatic carbocycles. The van der Waals surface area contributed by atoms with Crippen LogP contribution in [0.4, 0.5) is 0 Å². The summed E-state index contributed by atoms with van der Waals surface area (Å²) in [5, 5.41) is 9.87. The van der Waals surface area contributed by atoms with Crippen molar-refractivity contribution in [3.8, 4) is 0 Å². The van der Waals surface area contributed by atoms with Crippen LogP contribution in [0.15, 0.2) is 14.7 Å². The van der Waals surface area contributed by atoms with Gasteiger partial charge < -0.3 is 9.84 Å². The topological polar surface area (TPSA) is 83.9 Å². The zero-order valence-electron chi connectivity index (χ0n) is 11.6. The van der Waals surface area contributed by atoms with Crippen LogP contribution in [0, 0.1) is 5.92 Å². The first-order chi connectivity index (χ1) is 9.77. The number of hydrogen-bond donors (Lipinski definition) is 1. The van der Waals surface area contributed by atoms with E-state index in [1.807, 2.05) is 6.92 Å². The van der Waals surface area contributed by atoms with Gasteiger partial charge in [0.2, 0.25) is 10.0 Å². The van der Waals surface area contributed by atoms with E-state index in [0.29, 0.717) is 16.8 Å². The van der Waals surface area contributed by atoms with Gasteiger partial charge in [0.15, 0.2) is 0 Å². The van der Waals surface area contributed by atoms with E-state index >= 15 is 0 Å². The fraction of sp³-hybridized carbons (Fsp3) is 0.583. The van der Waals surface area contributed by atoms with Crippen LogP contribution in [0.2, 0.25) is 0 Å². The van der Waals surface area contributed by atoms with Gasteiger partial charge in [-0.15, -0.1) is 11.3 Å². The van der Waals surface area contributed by atoms with Gasteiger partial charge in [0.25, 0.3) is 0 Å². The van der Waals surface area contributed by atoms with E-state index in [4.69, 9.17) is 0 Å². The maximum Gasteiger partial charge on any atom is 0.348 e. The van der Waals surface area contributed by atoms with Gasteiger partial charge in [-0.05, 0) is 34.3 Å². The molecule has 1 aromatic rings. The highest BCUT2D eigenvalue weighted by Crippen LogP contribution is 2.35. The third-order valence-electron chi connectivity index (χ3n) is 3.54. The predicted octanol–water partition coefficient (Wildman–Crippen LogP) is 1.69. The molecular weight excluding hydrogens is 382 g/mol. The van der Waals surface area contributed by atoms with Crippen molar-refractivity contribution < 1.29 is 23.1 Å². The number of hydrogen-bond acceptors (Lipinski definition) is 6. The Kier molecular flexibility index (Phi) is 5.09. The van der Waals surface area contributed by atoms with Crippen molar-refractivity contribution in [2.75, 3.05) is 20.2 Å². The van der Waals surface area contributed by atoms with Crippen LogP contribution in [0.3, 0.4) is 0 Å². The largest absolute Gasteiger partial charge is 0.465 e. The average Bonchev–Trinajstić information content (AvgIpc) is 2.83. The highest BCUT2D eigenvalue weighted by atomic mass is 79.9. The maximum atomic E-state index is 12.6. The molecule has 0 aromatic carbocycles. The molecule has 2 atom stereocenters. The van der Waals surface area contributed by atoms with Gasteiger partial charge in [-0.3, -0.25) is 0 Å². The van der Waals surface area contributed by atoms with Crippen molar-refractivity contribution in [1.82, 2.24) is 4.31 Å². The lowest BCUT2D eigenvalue weighted by atomic mass is 9.98. The predicted molar refractivity (Wildman–Crippen MR) is 81.9 cm³/mol. The van der Waals surface area contributed by atoms with Crippen molar-refractivity contribution >= 4 is 43.3 Å². The van der Waals surface area contributed by atoms with Crippen LogP contribution in [-0.4, -0.2) is 50.1 Å². The summed E-state index contributed by atoms with van der Waals surface area (Å²) in [7, 11) is -2.50. The fourth-order valence-corrected chi connectivity index (χ4v) is 6.01. The van der Waals surface area contributed by atoms with Gasteiger partial charge in [-0.25, -0.2) is 13.2 Å². The molecule has 1 N–H and O–H groups in total. The third kappa shape index (κ3) is 3.31. The average molecular weight is 398 g/mol. The first-order valence-electron chi connectivity index (χ1n) is 6.33. The van der Waals surface area contributed by atoms with Crippen molar-refractivity contribution in [1.29, 1.82) is 0 Å². The summed E-state index contributed by atoms with van der Waals surface area (Å²) in [6, 6.07) is 1.31. The Morgan fingerprint density at radius 2 is 2.24 bits per heavy atom. The number of thiophene rings is 1. The van der Waals surface area contributed by atoms with Gasteiger partial charge in [0, 0.05) is 13.1 Å². The molecule has 1 fully saturated rings. The van der Waals surface area contributed by atoms with E-state index in [0.717, 1.165) is 11.3 Å². The maximum absolute atomic E-state index is 12.6. The van der Waals surface area contributed by atoms with Crippen molar-refractivity contribution in [3.05, 3.63) is 14.7 Å². The number of aliphatic hydroxyl groups is 1. The number of halogens is 1. The second-order valence-electron chi connectivity index (χ2n) is 4.94. The number of methoxy groups -OCH3 is 1. The molecule has 1 aliphatic rings.